The minimum absolute atomic E-state index is 0.293. The lowest BCUT2D eigenvalue weighted by atomic mass is 10.0. The Morgan fingerprint density at radius 2 is 1.72 bits per heavy atom. The van der Waals surface area contributed by atoms with Crippen molar-refractivity contribution in [2.45, 2.75) is 19.3 Å². The molecule has 0 bridgehead atoms. The van der Waals surface area contributed by atoms with Crippen LogP contribution < -0.4 is 0 Å². The number of benzene rings is 1. The monoisotopic (exact) mass is 337 g/mol. The van der Waals surface area contributed by atoms with Gasteiger partial charge in [0.1, 0.15) is 5.56 Å². The second-order valence-electron chi connectivity index (χ2n) is 6.45. The molecule has 1 saturated carbocycles. The summed E-state index contributed by atoms with van der Waals surface area (Å²) in [6.07, 6.45) is 4.97. The van der Waals surface area contributed by atoms with Gasteiger partial charge in [-0.25, -0.2) is 9.59 Å². The van der Waals surface area contributed by atoms with Gasteiger partial charge < -0.3 is 13.9 Å². The summed E-state index contributed by atoms with van der Waals surface area (Å²) < 4.78 is 12.0. The van der Waals surface area contributed by atoms with E-state index in [1.807, 2.05) is 40.9 Å². The molecular weight excluding hydrogens is 318 g/mol. The predicted molar refractivity (Wildman–Crippen MR) is 94.0 cm³/mol. The molecule has 0 unspecified atom stereocenters. The first-order valence-corrected chi connectivity index (χ1v) is 8.37. The van der Waals surface area contributed by atoms with E-state index in [4.69, 9.17) is 9.47 Å². The molecule has 1 aliphatic rings. The van der Waals surface area contributed by atoms with Gasteiger partial charge in [-0.15, -0.1) is 0 Å². The van der Waals surface area contributed by atoms with Crippen LogP contribution in [0.2, 0.25) is 0 Å². The van der Waals surface area contributed by atoms with E-state index >= 15 is 0 Å². The number of nitrogens with zero attached hydrogens (tertiary/aromatic N) is 1. The molecule has 2 heterocycles. The van der Waals surface area contributed by atoms with E-state index in [2.05, 4.69) is 0 Å². The highest BCUT2D eigenvalue weighted by atomic mass is 16.5. The van der Waals surface area contributed by atoms with Crippen molar-refractivity contribution in [1.29, 1.82) is 0 Å². The number of methoxy groups -OCH3 is 2. The molecule has 0 amide bonds. The maximum atomic E-state index is 12.6. The standard InChI is InChI=1S/C20H19NO4/c1-24-19(22)16-15(11-12-7-8-12)21-10-9-13-5-3-4-6-14(13)18(21)17(16)20(23)25-2/h3-6,9-10,12H,7-8,11H2,1-2H3. The molecule has 0 saturated heterocycles. The summed E-state index contributed by atoms with van der Waals surface area (Å²) in [5.41, 5.74) is 2.16. The highest BCUT2D eigenvalue weighted by Gasteiger charge is 2.33. The first-order chi connectivity index (χ1) is 12.2. The lowest BCUT2D eigenvalue weighted by Gasteiger charge is -2.06. The van der Waals surface area contributed by atoms with Gasteiger partial charge in [-0.05, 0) is 36.6 Å². The first kappa shape index (κ1) is 15.7. The van der Waals surface area contributed by atoms with Gasteiger partial charge in [0.05, 0.1) is 25.3 Å². The SMILES string of the molecule is COC(=O)c1c(C(=O)OC)c2c3ccccc3ccn2c1CC1CC1. The summed E-state index contributed by atoms with van der Waals surface area (Å²) in [4.78, 5) is 25.1. The first-order valence-electron chi connectivity index (χ1n) is 8.37. The van der Waals surface area contributed by atoms with Crippen LogP contribution in [-0.4, -0.2) is 30.6 Å². The Morgan fingerprint density at radius 1 is 1.04 bits per heavy atom. The minimum atomic E-state index is -0.517. The number of carbonyl (C=O) groups is 2. The van der Waals surface area contributed by atoms with E-state index in [-0.39, 0.29) is 0 Å². The van der Waals surface area contributed by atoms with Crippen LogP contribution in [0.4, 0.5) is 0 Å². The van der Waals surface area contributed by atoms with Crippen LogP contribution in [0, 0.1) is 5.92 Å². The molecule has 0 N–H and O–H groups in total. The zero-order valence-corrected chi connectivity index (χ0v) is 14.2. The number of ether oxygens (including phenoxy) is 2. The third-order valence-corrected chi connectivity index (χ3v) is 4.88. The van der Waals surface area contributed by atoms with Crippen molar-refractivity contribution in [3.8, 4) is 0 Å². The number of carbonyl (C=O) groups excluding carboxylic acids is 2. The number of hydrogen-bond donors (Lipinski definition) is 0. The van der Waals surface area contributed by atoms with Gasteiger partial charge >= 0.3 is 11.9 Å². The van der Waals surface area contributed by atoms with Crippen molar-refractivity contribution < 1.29 is 19.1 Å². The molecule has 4 rings (SSSR count). The number of fused-ring (bicyclic) bond motifs is 3. The van der Waals surface area contributed by atoms with Gasteiger partial charge in [-0.2, -0.15) is 0 Å². The Morgan fingerprint density at radius 3 is 2.40 bits per heavy atom. The van der Waals surface area contributed by atoms with Crippen LogP contribution in [-0.2, 0) is 15.9 Å². The lowest BCUT2D eigenvalue weighted by molar-refractivity contribution is 0.0557. The largest absolute Gasteiger partial charge is 0.465 e. The minimum Gasteiger partial charge on any atom is -0.465 e. The average molecular weight is 337 g/mol. The molecule has 3 aromatic rings. The highest BCUT2D eigenvalue weighted by molar-refractivity contribution is 6.15. The number of aromatic nitrogens is 1. The average Bonchev–Trinajstić information content (AvgIpc) is 3.41. The third-order valence-electron chi connectivity index (χ3n) is 4.88. The number of esters is 2. The molecule has 5 nitrogen and oxygen atoms in total. The Kier molecular flexibility index (Phi) is 3.71. The van der Waals surface area contributed by atoms with Crippen molar-refractivity contribution in [1.82, 2.24) is 4.40 Å². The molecule has 1 aliphatic carbocycles. The third kappa shape index (κ3) is 2.47. The van der Waals surface area contributed by atoms with Crippen LogP contribution in [0.3, 0.4) is 0 Å². The Balaban J connectivity index is 2.15. The van der Waals surface area contributed by atoms with Gasteiger partial charge in [0, 0.05) is 17.3 Å². The fourth-order valence-corrected chi connectivity index (χ4v) is 3.50. The molecule has 1 aromatic carbocycles. The summed E-state index contributed by atoms with van der Waals surface area (Å²) in [5, 5.41) is 1.92. The second-order valence-corrected chi connectivity index (χ2v) is 6.45. The smallest absolute Gasteiger partial charge is 0.340 e. The maximum Gasteiger partial charge on any atom is 0.340 e. The number of pyridine rings is 1. The van der Waals surface area contributed by atoms with E-state index in [0.29, 0.717) is 22.6 Å². The van der Waals surface area contributed by atoms with Crippen molar-refractivity contribution in [2.75, 3.05) is 14.2 Å². The second kappa shape index (κ2) is 5.92. The Bertz CT molecular complexity index is 998. The van der Waals surface area contributed by atoms with Crippen molar-refractivity contribution in [2.24, 2.45) is 5.92 Å². The van der Waals surface area contributed by atoms with Gasteiger partial charge in [0.25, 0.3) is 0 Å². The molecule has 0 spiro atoms. The molecule has 25 heavy (non-hydrogen) atoms. The highest BCUT2D eigenvalue weighted by Crippen LogP contribution is 2.37. The quantitative estimate of drug-likeness (QED) is 0.682. The predicted octanol–water partition coefficient (Wildman–Crippen LogP) is 3.62. The molecule has 5 heteroatoms. The van der Waals surface area contributed by atoms with E-state index in [1.165, 1.54) is 14.2 Å². The van der Waals surface area contributed by atoms with Gasteiger partial charge in [0.2, 0.25) is 0 Å². The van der Waals surface area contributed by atoms with E-state index in [0.717, 1.165) is 35.7 Å². The Labute approximate surface area is 145 Å². The fraction of sp³-hybridized carbons (Fsp3) is 0.300. The molecular formula is C20H19NO4. The van der Waals surface area contributed by atoms with Crippen LogP contribution in [0.1, 0.15) is 39.3 Å². The number of rotatable bonds is 4. The maximum absolute atomic E-state index is 12.6. The lowest BCUT2D eigenvalue weighted by Crippen LogP contribution is -2.12. The van der Waals surface area contributed by atoms with Crippen LogP contribution in [0.5, 0.6) is 0 Å². The van der Waals surface area contributed by atoms with E-state index in [9.17, 15) is 9.59 Å². The van der Waals surface area contributed by atoms with Crippen LogP contribution >= 0.6 is 0 Å². The van der Waals surface area contributed by atoms with Gasteiger partial charge in [0.15, 0.2) is 0 Å². The summed E-state index contributed by atoms with van der Waals surface area (Å²) in [6, 6.07) is 9.82. The Hall–Kier alpha value is -2.82. The van der Waals surface area contributed by atoms with Crippen molar-refractivity contribution in [3.63, 3.8) is 0 Å². The molecule has 0 radical (unpaired) electrons. The fourth-order valence-electron chi connectivity index (χ4n) is 3.50. The van der Waals surface area contributed by atoms with Gasteiger partial charge in [-0.3, -0.25) is 0 Å². The normalized spacial score (nSPS) is 14.0. The summed E-state index contributed by atoms with van der Waals surface area (Å²) >= 11 is 0. The number of hydrogen-bond acceptors (Lipinski definition) is 4. The molecule has 0 aliphatic heterocycles. The van der Waals surface area contributed by atoms with E-state index in [1.54, 1.807) is 0 Å². The van der Waals surface area contributed by atoms with Crippen LogP contribution in [0.15, 0.2) is 36.5 Å². The topological polar surface area (TPSA) is 57.0 Å². The molecule has 128 valence electrons. The van der Waals surface area contributed by atoms with Crippen molar-refractivity contribution >= 4 is 28.2 Å². The molecule has 2 aromatic heterocycles. The molecule has 0 atom stereocenters. The zero-order chi connectivity index (χ0) is 17.6. The van der Waals surface area contributed by atoms with Crippen molar-refractivity contribution in [3.05, 3.63) is 53.3 Å². The van der Waals surface area contributed by atoms with Crippen LogP contribution in [0.25, 0.3) is 16.3 Å². The summed E-state index contributed by atoms with van der Waals surface area (Å²) in [7, 11) is 2.67. The van der Waals surface area contributed by atoms with E-state index < -0.39 is 11.9 Å². The summed E-state index contributed by atoms with van der Waals surface area (Å²) in [6.45, 7) is 0. The zero-order valence-electron chi connectivity index (χ0n) is 14.2. The summed E-state index contributed by atoms with van der Waals surface area (Å²) in [5.74, 6) is -0.460. The molecule has 1 fully saturated rings. The van der Waals surface area contributed by atoms with Gasteiger partial charge in [-0.1, -0.05) is 24.3 Å².